The van der Waals surface area contributed by atoms with Gasteiger partial charge in [0.15, 0.2) is 0 Å². The molecule has 0 saturated heterocycles. The van der Waals surface area contributed by atoms with Crippen LogP contribution in [0.5, 0.6) is 0 Å². The number of para-hydroxylation sites is 3. The Hall–Kier alpha value is -5.54. The Kier molecular flexibility index (Phi) is 5.24. The summed E-state index contributed by atoms with van der Waals surface area (Å²) in [5.41, 5.74) is 15.0. The molecule has 9 rings (SSSR count). The molecular formula is C41H28N2O. The zero-order chi connectivity index (χ0) is 29.4. The second-order valence-electron chi connectivity index (χ2n) is 12.2. The van der Waals surface area contributed by atoms with Gasteiger partial charge in [-0.05, 0) is 63.7 Å². The lowest BCUT2D eigenvalue weighted by Crippen LogP contribution is -2.15. The van der Waals surface area contributed by atoms with Gasteiger partial charge in [0, 0.05) is 27.3 Å². The minimum absolute atomic E-state index is 0.0910. The number of rotatable bonds is 3. The van der Waals surface area contributed by atoms with Crippen molar-refractivity contribution in [2.24, 2.45) is 0 Å². The fourth-order valence-corrected chi connectivity index (χ4v) is 7.08. The molecule has 8 aromatic rings. The zero-order valence-electron chi connectivity index (χ0n) is 24.5. The summed E-state index contributed by atoms with van der Waals surface area (Å²) in [6, 6.07) is 46.9. The summed E-state index contributed by atoms with van der Waals surface area (Å²) in [6.45, 7) is 4.63. The van der Waals surface area contributed by atoms with Gasteiger partial charge in [-0.2, -0.15) is 0 Å². The van der Waals surface area contributed by atoms with E-state index in [-0.39, 0.29) is 5.41 Å². The van der Waals surface area contributed by atoms with Gasteiger partial charge in [-0.1, -0.05) is 117 Å². The summed E-state index contributed by atoms with van der Waals surface area (Å²) >= 11 is 0. The Morgan fingerprint density at radius 3 is 1.89 bits per heavy atom. The highest BCUT2D eigenvalue weighted by molar-refractivity contribution is 6.12. The summed E-state index contributed by atoms with van der Waals surface area (Å²) in [4.78, 5) is 10.4. The molecule has 44 heavy (non-hydrogen) atoms. The van der Waals surface area contributed by atoms with Crippen LogP contribution < -0.4 is 0 Å². The van der Waals surface area contributed by atoms with Gasteiger partial charge < -0.3 is 4.42 Å². The highest BCUT2D eigenvalue weighted by Crippen LogP contribution is 2.50. The van der Waals surface area contributed by atoms with E-state index in [1.807, 2.05) is 42.5 Å². The van der Waals surface area contributed by atoms with Crippen LogP contribution in [0.15, 0.2) is 138 Å². The first-order valence-corrected chi connectivity index (χ1v) is 15.1. The Labute approximate surface area is 255 Å². The second kappa shape index (κ2) is 9.23. The molecule has 0 atom stereocenters. The van der Waals surface area contributed by atoms with Gasteiger partial charge in [0.05, 0.1) is 22.4 Å². The Balaban J connectivity index is 1.20. The summed E-state index contributed by atoms with van der Waals surface area (Å²) < 4.78 is 6.16. The van der Waals surface area contributed by atoms with Gasteiger partial charge in [-0.3, -0.25) is 0 Å². The second-order valence-corrected chi connectivity index (χ2v) is 12.2. The largest absolute Gasteiger partial charge is 0.456 e. The van der Waals surface area contributed by atoms with Gasteiger partial charge in [0.1, 0.15) is 11.2 Å². The van der Waals surface area contributed by atoms with Gasteiger partial charge in [0.2, 0.25) is 0 Å². The molecule has 0 saturated carbocycles. The van der Waals surface area contributed by atoms with Gasteiger partial charge >= 0.3 is 0 Å². The van der Waals surface area contributed by atoms with Crippen LogP contribution in [0.4, 0.5) is 0 Å². The van der Waals surface area contributed by atoms with E-state index in [1.165, 1.54) is 22.3 Å². The number of nitrogens with zero attached hydrogens (tertiary/aromatic N) is 2. The molecule has 2 aromatic heterocycles. The first kappa shape index (κ1) is 25.0. The lowest BCUT2D eigenvalue weighted by Gasteiger charge is -2.22. The molecule has 2 heterocycles. The number of aromatic nitrogens is 2. The number of fused-ring (bicyclic) bond motifs is 7. The lowest BCUT2D eigenvalue weighted by molar-refractivity contribution is 0.660. The third-order valence-electron chi connectivity index (χ3n) is 9.30. The number of benzene rings is 6. The SMILES string of the molecule is CC1(C)c2ccccc2-c2ccc(-c3nc4ccccc4nc3-c3ccc(-c4cccc5oc6ccccc6c45)cc3)cc21. The van der Waals surface area contributed by atoms with Gasteiger partial charge in [0.25, 0.3) is 0 Å². The normalized spacial score (nSPS) is 13.4. The smallest absolute Gasteiger partial charge is 0.136 e. The topological polar surface area (TPSA) is 38.9 Å². The fraction of sp³-hybridized carbons (Fsp3) is 0.0732. The maximum absolute atomic E-state index is 6.16. The molecule has 208 valence electrons. The standard InChI is InChI=1S/C41H28N2O/c1-41(2)32-13-5-3-10-29(32)30-23-22-27(24-33(30)41)40-39(42-34-14-6-7-15-35(34)43-40)26-20-18-25(19-21-26)28-12-9-17-37-38(28)31-11-4-8-16-36(31)44-37/h3-24H,1-2H3. The third kappa shape index (κ3) is 3.62. The van der Waals surface area contributed by atoms with E-state index >= 15 is 0 Å². The van der Waals surface area contributed by atoms with E-state index in [0.717, 1.165) is 66.6 Å². The van der Waals surface area contributed by atoms with E-state index in [9.17, 15) is 0 Å². The summed E-state index contributed by atoms with van der Waals surface area (Å²) in [6.07, 6.45) is 0. The van der Waals surface area contributed by atoms with E-state index in [1.54, 1.807) is 0 Å². The van der Waals surface area contributed by atoms with Crippen molar-refractivity contribution in [3.8, 4) is 44.8 Å². The van der Waals surface area contributed by atoms with Crippen molar-refractivity contribution in [2.45, 2.75) is 19.3 Å². The third-order valence-corrected chi connectivity index (χ3v) is 9.30. The van der Waals surface area contributed by atoms with Crippen LogP contribution in [-0.4, -0.2) is 9.97 Å². The van der Waals surface area contributed by atoms with Crippen molar-refractivity contribution < 1.29 is 4.42 Å². The summed E-state index contributed by atoms with van der Waals surface area (Å²) in [7, 11) is 0. The molecule has 3 nitrogen and oxygen atoms in total. The Morgan fingerprint density at radius 2 is 1.07 bits per heavy atom. The van der Waals surface area contributed by atoms with E-state index in [2.05, 4.69) is 105 Å². The first-order valence-electron chi connectivity index (χ1n) is 15.1. The Morgan fingerprint density at radius 1 is 0.477 bits per heavy atom. The molecule has 0 aliphatic heterocycles. The highest BCUT2D eigenvalue weighted by atomic mass is 16.3. The molecule has 0 radical (unpaired) electrons. The van der Waals surface area contributed by atoms with Crippen LogP contribution in [0.25, 0.3) is 77.7 Å². The van der Waals surface area contributed by atoms with E-state index < -0.39 is 0 Å². The maximum Gasteiger partial charge on any atom is 0.136 e. The fourth-order valence-electron chi connectivity index (χ4n) is 7.08. The highest BCUT2D eigenvalue weighted by Gasteiger charge is 2.35. The Bertz CT molecular complexity index is 2410. The monoisotopic (exact) mass is 564 g/mol. The van der Waals surface area contributed by atoms with Crippen LogP contribution in [-0.2, 0) is 5.41 Å². The van der Waals surface area contributed by atoms with Crippen molar-refractivity contribution in [3.05, 3.63) is 145 Å². The molecule has 0 fully saturated rings. The predicted octanol–water partition coefficient (Wildman–Crippen LogP) is 10.8. The molecule has 0 N–H and O–H groups in total. The van der Waals surface area contributed by atoms with Crippen molar-refractivity contribution in [3.63, 3.8) is 0 Å². The molecular weight excluding hydrogens is 536 g/mol. The van der Waals surface area contributed by atoms with Crippen molar-refractivity contribution in [2.75, 3.05) is 0 Å². The average molecular weight is 565 g/mol. The molecule has 3 heteroatoms. The number of hydrogen-bond acceptors (Lipinski definition) is 3. The number of hydrogen-bond donors (Lipinski definition) is 0. The average Bonchev–Trinajstić information content (AvgIpc) is 3.56. The zero-order valence-corrected chi connectivity index (χ0v) is 24.5. The van der Waals surface area contributed by atoms with Crippen LogP contribution in [0, 0.1) is 0 Å². The first-order chi connectivity index (χ1) is 21.6. The maximum atomic E-state index is 6.16. The molecule has 6 aromatic carbocycles. The quantitative estimate of drug-likeness (QED) is 0.214. The van der Waals surface area contributed by atoms with Crippen molar-refractivity contribution in [1.29, 1.82) is 0 Å². The van der Waals surface area contributed by atoms with Crippen molar-refractivity contribution >= 4 is 33.0 Å². The molecule has 0 amide bonds. The van der Waals surface area contributed by atoms with Crippen LogP contribution in [0.3, 0.4) is 0 Å². The minimum atomic E-state index is -0.0910. The molecule has 1 aliphatic carbocycles. The van der Waals surface area contributed by atoms with Crippen LogP contribution in [0.2, 0.25) is 0 Å². The minimum Gasteiger partial charge on any atom is -0.456 e. The molecule has 0 bridgehead atoms. The molecule has 0 unspecified atom stereocenters. The van der Waals surface area contributed by atoms with E-state index in [0.29, 0.717) is 0 Å². The molecule has 0 spiro atoms. The van der Waals surface area contributed by atoms with E-state index in [4.69, 9.17) is 14.4 Å². The lowest BCUT2D eigenvalue weighted by atomic mass is 9.81. The summed E-state index contributed by atoms with van der Waals surface area (Å²) in [5.74, 6) is 0. The van der Waals surface area contributed by atoms with Crippen LogP contribution >= 0.6 is 0 Å². The predicted molar refractivity (Wildman–Crippen MR) is 181 cm³/mol. The van der Waals surface area contributed by atoms with Gasteiger partial charge in [-0.15, -0.1) is 0 Å². The summed E-state index contributed by atoms with van der Waals surface area (Å²) in [5, 5.41) is 2.27. The molecule has 1 aliphatic rings. The van der Waals surface area contributed by atoms with Gasteiger partial charge in [-0.25, -0.2) is 9.97 Å². The van der Waals surface area contributed by atoms with Crippen LogP contribution in [0.1, 0.15) is 25.0 Å². The van der Waals surface area contributed by atoms with Crippen molar-refractivity contribution in [1.82, 2.24) is 9.97 Å². The number of furan rings is 1.